The van der Waals surface area contributed by atoms with Crippen molar-refractivity contribution in [2.45, 2.75) is 52.0 Å². The topological polar surface area (TPSA) is 66.4 Å². The van der Waals surface area contributed by atoms with Gasteiger partial charge in [-0.3, -0.25) is 9.59 Å². The number of hydrogen-bond donors (Lipinski definition) is 2. The number of carbonyl (C=O) groups excluding carboxylic acids is 1. The van der Waals surface area contributed by atoms with Gasteiger partial charge in [-0.05, 0) is 42.9 Å². The summed E-state index contributed by atoms with van der Waals surface area (Å²) in [7, 11) is 0. The maximum Gasteiger partial charge on any atom is 0.303 e. The number of benzene rings is 1. The molecule has 1 atom stereocenters. The van der Waals surface area contributed by atoms with E-state index in [4.69, 9.17) is 5.11 Å². The molecule has 1 amide bonds. The van der Waals surface area contributed by atoms with Gasteiger partial charge in [-0.2, -0.15) is 0 Å². The smallest absolute Gasteiger partial charge is 0.303 e. The fourth-order valence-corrected chi connectivity index (χ4v) is 2.17. The summed E-state index contributed by atoms with van der Waals surface area (Å²) in [4.78, 5) is 22.3. The van der Waals surface area contributed by atoms with Gasteiger partial charge in [-0.1, -0.05) is 26.0 Å². The molecule has 0 saturated heterocycles. The predicted molar refractivity (Wildman–Crippen MR) is 83.0 cm³/mol. The Morgan fingerprint density at radius 3 is 2.27 bits per heavy atom. The van der Waals surface area contributed by atoms with Crippen LogP contribution in [0.2, 0.25) is 0 Å². The summed E-state index contributed by atoms with van der Waals surface area (Å²) in [5, 5.41) is 11.5. The van der Waals surface area contributed by atoms with E-state index in [0.717, 1.165) is 5.56 Å². The molecule has 1 rings (SSSR count). The number of aliphatic carboxylic acids is 1. The highest BCUT2D eigenvalue weighted by molar-refractivity contribution is 5.76. The summed E-state index contributed by atoms with van der Waals surface area (Å²) >= 11 is 0. The number of amides is 1. The molecule has 0 aliphatic carbocycles. The average Bonchev–Trinajstić information content (AvgIpc) is 2.45. The fourth-order valence-electron chi connectivity index (χ4n) is 2.17. The molecule has 122 valence electrons. The Morgan fingerprint density at radius 2 is 1.73 bits per heavy atom. The van der Waals surface area contributed by atoms with Crippen LogP contribution in [0.3, 0.4) is 0 Å². The monoisotopic (exact) mass is 309 g/mol. The van der Waals surface area contributed by atoms with Gasteiger partial charge in [0.1, 0.15) is 5.82 Å². The molecule has 0 fully saturated rings. The standard InChI is InChI=1S/C17H24FNO3/c1-12(2)15(11-13-7-9-14(18)10-8-13)19-16(20)5-3-4-6-17(21)22/h7-10,12,15H,3-6,11H2,1-2H3,(H,19,20)(H,21,22). The van der Waals surface area contributed by atoms with Crippen LogP contribution in [0.25, 0.3) is 0 Å². The second-order valence-corrected chi connectivity index (χ2v) is 5.85. The van der Waals surface area contributed by atoms with Crippen molar-refractivity contribution in [3.05, 3.63) is 35.6 Å². The van der Waals surface area contributed by atoms with E-state index >= 15 is 0 Å². The quantitative estimate of drug-likeness (QED) is 0.689. The molecule has 22 heavy (non-hydrogen) atoms. The van der Waals surface area contributed by atoms with Crippen molar-refractivity contribution in [1.29, 1.82) is 0 Å². The van der Waals surface area contributed by atoms with Crippen molar-refractivity contribution in [3.63, 3.8) is 0 Å². The lowest BCUT2D eigenvalue weighted by Gasteiger charge is -2.22. The van der Waals surface area contributed by atoms with Crippen LogP contribution in [0.15, 0.2) is 24.3 Å². The van der Waals surface area contributed by atoms with Gasteiger partial charge in [0.05, 0.1) is 0 Å². The summed E-state index contributed by atoms with van der Waals surface area (Å²) in [6, 6.07) is 6.27. The molecule has 0 radical (unpaired) electrons. The highest BCUT2D eigenvalue weighted by atomic mass is 19.1. The van der Waals surface area contributed by atoms with Crippen molar-refractivity contribution < 1.29 is 19.1 Å². The lowest BCUT2D eigenvalue weighted by Crippen LogP contribution is -2.40. The van der Waals surface area contributed by atoms with Gasteiger partial charge >= 0.3 is 5.97 Å². The van der Waals surface area contributed by atoms with Gasteiger partial charge < -0.3 is 10.4 Å². The average molecular weight is 309 g/mol. The summed E-state index contributed by atoms with van der Waals surface area (Å²) in [5.74, 6) is -0.914. The van der Waals surface area contributed by atoms with Gasteiger partial charge in [0.25, 0.3) is 0 Å². The Bertz CT molecular complexity index is 485. The Labute approximate surface area is 130 Å². The first-order valence-electron chi connectivity index (χ1n) is 7.64. The molecule has 0 spiro atoms. The van der Waals surface area contributed by atoms with Crippen LogP contribution in [0.5, 0.6) is 0 Å². The molecule has 0 aliphatic rings. The molecular formula is C17H24FNO3. The van der Waals surface area contributed by atoms with E-state index in [2.05, 4.69) is 5.32 Å². The first-order chi connectivity index (χ1) is 10.4. The Balaban J connectivity index is 2.44. The van der Waals surface area contributed by atoms with Crippen molar-refractivity contribution in [1.82, 2.24) is 5.32 Å². The van der Waals surface area contributed by atoms with Crippen molar-refractivity contribution in [2.75, 3.05) is 0 Å². The van der Waals surface area contributed by atoms with E-state index < -0.39 is 5.97 Å². The van der Waals surface area contributed by atoms with E-state index in [1.807, 2.05) is 13.8 Å². The Kier molecular flexibility index (Phi) is 7.57. The van der Waals surface area contributed by atoms with Crippen LogP contribution >= 0.6 is 0 Å². The lowest BCUT2D eigenvalue weighted by atomic mass is 9.96. The van der Waals surface area contributed by atoms with Gasteiger partial charge in [-0.15, -0.1) is 0 Å². The second kappa shape index (κ2) is 9.18. The minimum atomic E-state index is -0.836. The third-order valence-corrected chi connectivity index (χ3v) is 3.56. The summed E-state index contributed by atoms with van der Waals surface area (Å²) in [5.41, 5.74) is 0.978. The number of carbonyl (C=O) groups is 2. The molecule has 0 aromatic heterocycles. The van der Waals surface area contributed by atoms with Crippen LogP contribution in [0.1, 0.15) is 45.1 Å². The zero-order valence-electron chi connectivity index (χ0n) is 13.1. The van der Waals surface area contributed by atoms with Crippen LogP contribution < -0.4 is 5.32 Å². The number of carboxylic acid groups (broad SMARTS) is 1. The molecule has 1 unspecified atom stereocenters. The largest absolute Gasteiger partial charge is 0.481 e. The van der Waals surface area contributed by atoms with E-state index in [1.54, 1.807) is 12.1 Å². The number of unbranched alkanes of at least 4 members (excludes halogenated alkanes) is 1. The van der Waals surface area contributed by atoms with Crippen molar-refractivity contribution in [2.24, 2.45) is 5.92 Å². The van der Waals surface area contributed by atoms with Crippen LogP contribution in [0, 0.1) is 11.7 Å². The van der Waals surface area contributed by atoms with Crippen molar-refractivity contribution in [3.8, 4) is 0 Å². The molecule has 4 nitrogen and oxygen atoms in total. The first-order valence-corrected chi connectivity index (χ1v) is 7.64. The first kappa shape index (κ1) is 18.1. The second-order valence-electron chi connectivity index (χ2n) is 5.85. The minimum Gasteiger partial charge on any atom is -0.481 e. The number of rotatable bonds is 9. The lowest BCUT2D eigenvalue weighted by molar-refractivity contribution is -0.137. The highest BCUT2D eigenvalue weighted by Gasteiger charge is 2.16. The third-order valence-electron chi connectivity index (χ3n) is 3.56. The minimum absolute atomic E-state index is 0.0163. The molecule has 0 aliphatic heterocycles. The molecule has 1 aromatic carbocycles. The molecule has 1 aromatic rings. The van der Waals surface area contributed by atoms with Gasteiger partial charge in [0.15, 0.2) is 0 Å². The summed E-state index contributed by atoms with van der Waals surface area (Å²) in [6.07, 6.45) is 2.15. The highest BCUT2D eigenvalue weighted by Crippen LogP contribution is 2.12. The molecular weight excluding hydrogens is 285 g/mol. The maximum absolute atomic E-state index is 12.9. The molecule has 5 heteroatoms. The number of carboxylic acids is 1. The fraction of sp³-hybridized carbons (Fsp3) is 0.529. The van der Waals surface area contributed by atoms with Crippen molar-refractivity contribution >= 4 is 11.9 Å². The van der Waals surface area contributed by atoms with Crippen LogP contribution in [0.4, 0.5) is 4.39 Å². The van der Waals surface area contributed by atoms with E-state index in [0.29, 0.717) is 25.7 Å². The van der Waals surface area contributed by atoms with Gasteiger partial charge in [-0.25, -0.2) is 4.39 Å². The molecule has 2 N–H and O–H groups in total. The summed E-state index contributed by atoms with van der Waals surface area (Å²) < 4.78 is 12.9. The number of nitrogens with one attached hydrogen (secondary N) is 1. The number of hydrogen-bond acceptors (Lipinski definition) is 2. The zero-order valence-corrected chi connectivity index (χ0v) is 13.1. The Morgan fingerprint density at radius 1 is 1.14 bits per heavy atom. The maximum atomic E-state index is 12.9. The zero-order chi connectivity index (χ0) is 16.5. The molecule has 0 saturated carbocycles. The number of halogens is 1. The van der Waals surface area contributed by atoms with Crippen LogP contribution in [-0.2, 0) is 16.0 Å². The predicted octanol–water partition coefficient (Wildman–Crippen LogP) is 3.15. The Hall–Kier alpha value is -1.91. The normalized spacial score (nSPS) is 12.2. The SMILES string of the molecule is CC(C)C(Cc1ccc(F)cc1)NC(=O)CCCCC(=O)O. The van der Waals surface area contributed by atoms with Gasteiger partial charge in [0, 0.05) is 18.9 Å². The molecule has 0 bridgehead atoms. The van der Waals surface area contributed by atoms with E-state index in [1.165, 1.54) is 12.1 Å². The summed E-state index contributed by atoms with van der Waals surface area (Å²) in [6.45, 7) is 4.05. The van der Waals surface area contributed by atoms with E-state index in [-0.39, 0.29) is 30.1 Å². The third kappa shape index (κ3) is 7.20. The molecule has 0 heterocycles. The van der Waals surface area contributed by atoms with Gasteiger partial charge in [0.2, 0.25) is 5.91 Å². The van der Waals surface area contributed by atoms with Crippen LogP contribution in [-0.4, -0.2) is 23.0 Å². The van der Waals surface area contributed by atoms with E-state index in [9.17, 15) is 14.0 Å².